The number of hydrogen-bond acceptors (Lipinski definition) is 4. The molecule has 0 aliphatic carbocycles. The molecule has 0 aliphatic rings. The molecule has 1 heterocycles. The van der Waals surface area contributed by atoms with Gasteiger partial charge in [-0.05, 0) is 30.2 Å². The van der Waals surface area contributed by atoms with E-state index < -0.39 is 0 Å². The minimum absolute atomic E-state index is 0.0688. The maximum atomic E-state index is 12.9. The predicted octanol–water partition coefficient (Wildman–Crippen LogP) is 2.47. The number of thiazole rings is 1. The smallest absolute Gasteiger partial charge is 0.186 e. The standard InChI is InChI=1S/C13H13FN2OS/c1-8-4-10(14)3-2-9(8)5-12(17)11-7-18-13(6-15)16-11/h2-4,7H,5-6,15H2,1H3. The zero-order chi connectivity index (χ0) is 13.1. The van der Waals surface area contributed by atoms with E-state index in [4.69, 9.17) is 5.73 Å². The van der Waals surface area contributed by atoms with Crippen LogP contribution >= 0.6 is 11.3 Å². The molecule has 0 spiro atoms. The normalized spacial score (nSPS) is 10.6. The van der Waals surface area contributed by atoms with Crippen molar-refractivity contribution < 1.29 is 9.18 Å². The van der Waals surface area contributed by atoms with E-state index in [2.05, 4.69) is 4.98 Å². The van der Waals surface area contributed by atoms with Crippen molar-refractivity contribution in [1.82, 2.24) is 4.98 Å². The van der Waals surface area contributed by atoms with E-state index in [1.807, 2.05) is 0 Å². The van der Waals surface area contributed by atoms with Crippen molar-refractivity contribution >= 4 is 17.1 Å². The van der Waals surface area contributed by atoms with Gasteiger partial charge in [0.15, 0.2) is 5.78 Å². The monoisotopic (exact) mass is 264 g/mol. The van der Waals surface area contributed by atoms with Gasteiger partial charge < -0.3 is 5.73 Å². The second-order valence-electron chi connectivity index (χ2n) is 4.00. The minimum Gasteiger partial charge on any atom is -0.325 e. The highest BCUT2D eigenvalue weighted by molar-refractivity contribution is 7.09. The Kier molecular flexibility index (Phi) is 3.84. The first-order chi connectivity index (χ1) is 8.60. The van der Waals surface area contributed by atoms with Crippen molar-refractivity contribution in [2.24, 2.45) is 5.73 Å². The SMILES string of the molecule is Cc1cc(F)ccc1CC(=O)c1csc(CN)n1. The van der Waals surface area contributed by atoms with Crippen molar-refractivity contribution in [3.05, 3.63) is 51.2 Å². The van der Waals surface area contributed by atoms with Crippen molar-refractivity contribution in [3.8, 4) is 0 Å². The fourth-order valence-electron chi connectivity index (χ4n) is 1.65. The number of aryl methyl sites for hydroxylation is 1. The molecule has 18 heavy (non-hydrogen) atoms. The Labute approximate surface area is 108 Å². The van der Waals surface area contributed by atoms with Gasteiger partial charge in [0.25, 0.3) is 0 Å². The van der Waals surface area contributed by atoms with Gasteiger partial charge >= 0.3 is 0 Å². The van der Waals surface area contributed by atoms with Crippen LogP contribution in [0, 0.1) is 12.7 Å². The molecule has 0 bridgehead atoms. The maximum absolute atomic E-state index is 12.9. The first kappa shape index (κ1) is 12.9. The van der Waals surface area contributed by atoms with E-state index in [0.717, 1.165) is 16.1 Å². The summed E-state index contributed by atoms with van der Waals surface area (Å²) in [5.41, 5.74) is 7.48. The van der Waals surface area contributed by atoms with Crippen LogP contribution < -0.4 is 5.73 Å². The molecule has 0 saturated heterocycles. The van der Waals surface area contributed by atoms with Crippen molar-refractivity contribution in [2.45, 2.75) is 19.9 Å². The lowest BCUT2D eigenvalue weighted by molar-refractivity contribution is 0.0988. The number of ketones is 1. The quantitative estimate of drug-likeness (QED) is 0.863. The van der Waals surface area contributed by atoms with Crippen LogP contribution in [0.4, 0.5) is 4.39 Å². The van der Waals surface area contributed by atoms with E-state index in [9.17, 15) is 9.18 Å². The molecular weight excluding hydrogens is 251 g/mol. The summed E-state index contributed by atoms with van der Waals surface area (Å²) in [4.78, 5) is 16.1. The van der Waals surface area contributed by atoms with E-state index in [1.165, 1.54) is 23.5 Å². The van der Waals surface area contributed by atoms with Gasteiger partial charge in [-0.25, -0.2) is 9.37 Å². The third-order valence-electron chi connectivity index (χ3n) is 2.67. The number of Topliss-reactive ketones (excluding diaryl/α,β-unsaturated/α-hetero) is 1. The van der Waals surface area contributed by atoms with Gasteiger partial charge in [-0.15, -0.1) is 11.3 Å². The second kappa shape index (κ2) is 5.37. The fraction of sp³-hybridized carbons (Fsp3) is 0.231. The molecule has 0 unspecified atom stereocenters. The highest BCUT2D eigenvalue weighted by Gasteiger charge is 2.12. The van der Waals surface area contributed by atoms with Gasteiger partial charge in [-0.3, -0.25) is 4.79 Å². The Balaban J connectivity index is 2.16. The predicted molar refractivity (Wildman–Crippen MR) is 69.2 cm³/mol. The van der Waals surface area contributed by atoms with Crippen LogP contribution in [-0.4, -0.2) is 10.8 Å². The Bertz CT molecular complexity index is 580. The maximum Gasteiger partial charge on any atom is 0.186 e. The summed E-state index contributed by atoms with van der Waals surface area (Å²) in [5.74, 6) is -0.358. The molecule has 0 atom stereocenters. The molecule has 1 aromatic heterocycles. The van der Waals surface area contributed by atoms with Crippen molar-refractivity contribution in [1.29, 1.82) is 0 Å². The zero-order valence-corrected chi connectivity index (χ0v) is 10.8. The van der Waals surface area contributed by atoms with E-state index >= 15 is 0 Å². The third kappa shape index (κ3) is 2.80. The van der Waals surface area contributed by atoms with Crippen LogP contribution in [0.2, 0.25) is 0 Å². The molecule has 0 saturated carbocycles. The highest BCUT2D eigenvalue weighted by atomic mass is 32.1. The van der Waals surface area contributed by atoms with Crippen LogP contribution in [0.3, 0.4) is 0 Å². The van der Waals surface area contributed by atoms with Crippen molar-refractivity contribution in [3.63, 3.8) is 0 Å². The van der Waals surface area contributed by atoms with Gasteiger partial charge in [0, 0.05) is 18.3 Å². The lowest BCUT2D eigenvalue weighted by Gasteiger charge is -2.03. The Hall–Kier alpha value is -1.59. The largest absolute Gasteiger partial charge is 0.325 e. The summed E-state index contributed by atoms with van der Waals surface area (Å²) in [6, 6.07) is 4.43. The summed E-state index contributed by atoms with van der Waals surface area (Å²) >= 11 is 1.38. The number of benzene rings is 1. The summed E-state index contributed by atoms with van der Waals surface area (Å²) in [7, 11) is 0. The first-order valence-electron chi connectivity index (χ1n) is 5.53. The number of aromatic nitrogens is 1. The number of nitrogens with zero attached hydrogens (tertiary/aromatic N) is 1. The molecule has 5 heteroatoms. The summed E-state index contributed by atoms with van der Waals surface area (Å²) in [6.07, 6.45) is 0.236. The van der Waals surface area contributed by atoms with Gasteiger partial charge in [0.05, 0.1) is 0 Å². The van der Waals surface area contributed by atoms with Crippen LogP contribution in [0.25, 0.3) is 0 Å². The van der Waals surface area contributed by atoms with E-state index in [-0.39, 0.29) is 18.0 Å². The molecule has 2 N–H and O–H groups in total. The highest BCUT2D eigenvalue weighted by Crippen LogP contribution is 2.15. The molecule has 0 aliphatic heterocycles. The number of carbonyl (C=O) groups excluding carboxylic acids is 1. The lowest BCUT2D eigenvalue weighted by atomic mass is 10.0. The molecule has 0 fully saturated rings. The van der Waals surface area contributed by atoms with Crippen LogP contribution in [0.15, 0.2) is 23.6 Å². The zero-order valence-electron chi connectivity index (χ0n) is 9.94. The average Bonchev–Trinajstić information content (AvgIpc) is 2.81. The molecule has 0 radical (unpaired) electrons. The topological polar surface area (TPSA) is 56.0 Å². The molecule has 0 amide bonds. The van der Waals surface area contributed by atoms with Crippen LogP contribution in [0.5, 0.6) is 0 Å². The fourth-order valence-corrected chi connectivity index (χ4v) is 2.33. The van der Waals surface area contributed by atoms with Crippen molar-refractivity contribution in [2.75, 3.05) is 0 Å². The second-order valence-corrected chi connectivity index (χ2v) is 4.94. The Morgan fingerprint density at radius 3 is 2.89 bits per heavy atom. The van der Waals surface area contributed by atoms with Gasteiger partial charge in [-0.1, -0.05) is 6.07 Å². The summed E-state index contributed by atoms with van der Waals surface area (Å²) in [5, 5.41) is 2.46. The Morgan fingerprint density at radius 2 is 2.28 bits per heavy atom. The third-order valence-corrected chi connectivity index (χ3v) is 3.54. The number of hydrogen-bond donors (Lipinski definition) is 1. The van der Waals surface area contributed by atoms with Gasteiger partial charge in [0.1, 0.15) is 16.5 Å². The van der Waals surface area contributed by atoms with Crippen LogP contribution in [-0.2, 0) is 13.0 Å². The summed E-state index contributed by atoms with van der Waals surface area (Å²) in [6.45, 7) is 2.13. The summed E-state index contributed by atoms with van der Waals surface area (Å²) < 4.78 is 12.9. The van der Waals surface area contributed by atoms with E-state index in [0.29, 0.717) is 12.2 Å². The molecule has 1 aromatic carbocycles. The van der Waals surface area contributed by atoms with Gasteiger partial charge in [-0.2, -0.15) is 0 Å². The lowest BCUT2D eigenvalue weighted by Crippen LogP contribution is -2.06. The van der Waals surface area contributed by atoms with Gasteiger partial charge in [0.2, 0.25) is 0 Å². The minimum atomic E-state index is -0.289. The molecule has 2 rings (SSSR count). The number of carbonyl (C=O) groups is 1. The molecular formula is C13H13FN2OS. The molecule has 94 valence electrons. The average molecular weight is 264 g/mol. The van der Waals surface area contributed by atoms with Crippen LogP contribution in [0.1, 0.15) is 26.6 Å². The number of rotatable bonds is 4. The number of halogens is 1. The molecule has 2 aromatic rings. The van der Waals surface area contributed by atoms with E-state index in [1.54, 1.807) is 18.4 Å². The first-order valence-corrected chi connectivity index (χ1v) is 6.41. The molecule has 3 nitrogen and oxygen atoms in total. The Morgan fingerprint density at radius 1 is 1.50 bits per heavy atom. The number of nitrogens with two attached hydrogens (primary N) is 1.